The number of rotatable bonds is 5. The summed E-state index contributed by atoms with van der Waals surface area (Å²) in [4.78, 5) is 10.4. The first-order chi connectivity index (χ1) is 7.18. The van der Waals surface area contributed by atoms with Crippen molar-refractivity contribution in [1.82, 2.24) is 0 Å². The molecule has 0 atom stereocenters. The van der Waals surface area contributed by atoms with Gasteiger partial charge < -0.3 is 9.47 Å². The molecule has 0 spiro atoms. The monoisotopic (exact) mass is 212 g/mol. The summed E-state index contributed by atoms with van der Waals surface area (Å²) in [5.74, 6) is 0.0262. The van der Waals surface area contributed by atoms with Crippen LogP contribution >= 0.6 is 0 Å². The van der Waals surface area contributed by atoms with Crippen molar-refractivity contribution in [3.05, 3.63) is 30.1 Å². The Hall–Kier alpha value is -1.58. The molecule has 1 aromatic carbocycles. The minimum absolute atomic E-state index is 0.290. The second-order valence-corrected chi connectivity index (χ2v) is 3.00. The predicted molar refractivity (Wildman–Crippen MR) is 53.1 cm³/mol. The fourth-order valence-electron chi connectivity index (χ4n) is 0.996. The molecule has 0 radical (unpaired) electrons. The predicted octanol–water partition coefficient (Wildman–Crippen LogP) is 2.16. The van der Waals surface area contributed by atoms with E-state index in [2.05, 4.69) is 0 Å². The summed E-state index contributed by atoms with van der Waals surface area (Å²) in [5, 5.41) is 0. The van der Waals surface area contributed by atoms with Crippen LogP contribution in [0.4, 0.5) is 4.39 Å². The molecule has 1 aromatic rings. The van der Waals surface area contributed by atoms with Crippen LogP contribution in [-0.2, 0) is 9.53 Å². The SMILES string of the molecule is CC(=O)OCCCOc1ccc(F)cc1. The molecule has 1 rings (SSSR count). The van der Waals surface area contributed by atoms with E-state index in [4.69, 9.17) is 9.47 Å². The van der Waals surface area contributed by atoms with Gasteiger partial charge in [-0.05, 0) is 24.3 Å². The number of benzene rings is 1. The van der Waals surface area contributed by atoms with Gasteiger partial charge in [0, 0.05) is 13.3 Å². The van der Waals surface area contributed by atoms with Crippen molar-refractivity contribution >= 4 is 5.97 Å². The third-order valence-corrected chi connectivity index (χ3v) is 1.68. The Morgan fingerprint density at radius 1 is 1.27 bits per heavy atom. The van der Waals surface area contributed by atoms with Crippen molar-refractivity contribution < 1.29 is 18.7 Å². The summed E-state index contributed by atoms with van der Waals surface area (Å²) in [6, 6.07) is 5.78. The van der Waals surface area contributed by atoms with Crippen LogP contribution in [0.3, 0.4) is 0 Å². The number of hydrogen-bond acceptors (Lipinski definition) is 3. The maximum absolute atomic E-state index is 12.5. The molecule has 0 aromatic heterocycles. The highest BCUT2D eigenvalue weighted by Gasteiger charge is 1.96. The van der Waals surface area contributed by atoms with E-state index in [1.165, 1.54) is 19.1 Å². The summed E-state index contributed by atoms with van der Waals surface area (Å²) < 4.78 is 22.5. The van der Waals surface area contributed by atoms with Crippen LogP contribution in [0.15, 0.2) is 24.3 Å². The molecule has 4 heteroatoms. The lowest BCUT2D eigenvalue weighted by Crippen LogP contribution is -2.05. The molecule has 0 amide bonds. The van der Waals surface area contributed by atoms with Crippen LogP contribution in [0.2, 0.25) is 0 Å². The quantitative estimate of drug-likeness (QED) is 0.554. The Morgan fingerprint density at radius 3 is 2.53 bits per heavy atom. The van der Waals surface area contributed by atoms with Gasteiger partial charge in [0.15, 0.2) is 0 Å². The highest BCUT2D eigenvalue weighted by atomic mass is 19.1. The van der Waals surface area contributed by atoms with Gasteiger partial charge in [0.1, 0.15) is 11.6 Å². The molecular formula is C11H13FO3. The number of hydrogen-bond donors (Lipinski definition) is 0. The molecule has 3 nitrogen and oxygen atoms in total. The molecule has 0 heterocycles. The van der Waals surface area contributed by atoms with E-state index in [0.29, 0.717) is 25.4 Å². The zero-order valence-electron chi connectivity index (χ0n) is 8.53. The first-order valence-corrected chi connectivity index (χ1v) is 4.70. The van der Waals surface area contributed by atoms with E-state index in [9.17, 15) is 9.18 Å². The van der Waals surface area contributed by atoms with E-state index < -0.39 is 0 Å². The van der Waals surface area contributed by atoms with Gasteiger partial charge in [-0.25, -0.2) is 4.39 Å². The lowest BCUT2D eigenvalue weighted by molar-refractivity contribution is -0.141. The highest BCUT2D eigenvalue weighted by Crippen LogP contribution is 2.10. The second-order valence-electron chi connectivity index (χ2n) is 3.00. The maximum Gasteiger partial charge on any atom is 0.302 e. The van der Waals surface area contributed by atoms with E-state index in [1.54, 1.807) is 12.1 Å². The van der Waals surface area contributed by atoms with E-state index in [-0.39, 0.29) is 11.8 Å². The van der Waals surface area contributed by atoms with Crippen molar-refractivity contribution in [2.24, 2.45) is 0 Å². The Balaban J connectivity index is 2.15. The van der Waals surface area contributed by atoms with E-state index in [1.807, 2.05) is 0 Å². The van der Waals surface area contributed by atoms with Crippen LogP contribution in [0, 0.1) is 5.82 Å². The first kappa shape index (κ1) is 11.5. The van der Waals surface area contributed by atoms with Crippen molar-refractivity contribution in [2.45, 2.75) is 13.3 Å². The number of esters is 1. The van der Waals surface area contributed by atoms with Gasteiger partial charge in [-0.1, -0.05) is 0 Å². The van der Waals surface area contributed by atoms with Gasteiger partial charge >= 0.3 is 5.97 Å². The Kier molecular flexibility index (Phi) is 4.60. The van der Waals surface area contributed by atoms with Crippen LogP contribution in [0.5, 0.6) is 5.75 Å². The largest absolute Gasteiger partial charge is 0.493 e. The average Bonchev–Trinajstić information content (AvgIpc) is 2.20. The van der Waals surface area contributed by atoms with Crippen LogP contribution in [0.1, 0.15) is 13.3 Å². The second kappa shape index (κ2) is 6.01. The smallest absolute Gasteiger partial charge is 0.302 e. The van der Waals surface area contributed by atoms with Gasteiger partial charge in [0.25, 0.3) is 0 Å². The molecule has 0 fully saturated rings. The normalized spacial score (nSPS) is 9.73. The molecule has 0 aliphatic heterocycles. The van der Waals surface area contributed by atoms with Gasteiger partial charge in [-0.2, -0.15) is 0 Å². The molecule has 82 valence electrons. The molecule has 0 aliphatic rings. The molecular weight excluding hydrogens is 199 g/mol. The van der Waals surface area contributed by atoms with Crippen molar-refractivity contribution in [2.75, 3.05) is 13.2 Å². The molecule has 0 saturated carbocycles. The summed E-state index contributed by atoms with van der Waals surface area (Å²) >= 11 is 0. The molecule has 0 aliphatic carbocycles. The fraction of sp³-hybridized carbons (Fsp3) is 0.364. The van der Waals surface area contributed by atoms with Gasteiger partial charge in [0.2, 0.25) is 0 Å². The lowest BCUT2D eigenvalue weighted by atomic mass is 10.3. The Bertz CT molecular complexity index is 308. The summed E-state index contributed by atoms with van der Waals surface area (Å²) in [5.41, 5.74) is 0. The third kappa shape index (κ3) is 5.00. The van der Waals surface area contributed by atoms with E-state index >= 15 is 0 Å². The number of carbonyl (C=O) groups is 1. The highest BCUT2D eigenvalue weighted by molar-refractivity contribution is 5.65. The summed E-state index contributed by atoms with van der Waals surface area (Å²) in [7, 11) is 0. The lowest BCUT2D eigenvalue weighted by Gasteiger charge is -2.05. The van der Waals surface area contributed by atoms with Gasteiger partial charge in [-0.15, -0.1) is 0 Å². The maximum atomic E-state index is 12.5. The first-order valence-electron chi connectivity index (χ1n) is 4.70. The number of carbonyl (C=O) groups excluding carboxylic acids is 1. The van der Waals surface area contributed by atoms with Crippen molar-refractivity contribution in [3.63, 3.8) is 0 Å². The van der Waals surface area contributed by atoms with Crippen LogP contribution in [0.25, 0.3) is 0 Å². The molecule has 0 N–H and O–H groups in total. The Morgan fingerprint density at radius 2 is 1.93 bits per heavy atom. The third-order valence-electron chi connectivity index (χ3n) is 1.68. The fourth-order valence-corrected chi connectivity index (χ4v) is 0.996. The summed E-state index contributed by atoms with van der Waals surface area (Å²) in [6.07, 6.45) is 0.622. The number of halogens is 1. The molecule has 0 unspecified atom stereocenters. The van der Waals surface area contributed by atoms with Gasteiger partial charge in [0.05, 0.1) is 13.2 Å². The number of ether oxygens (including phenoxy) is 2. The standard InChI is InChI=1S/C11H13FO3/c1-9(13)14-7-2-8-15-11-5-3-10(12)4-6-11/h3-6H,2,7-8H2,1H3. The minimum Gasteiger partial charge on any atom is -0.493 e. The Labute approximate surface area is 87.8 Å². The zero-order chi connectivity index (χ0) is 11.1. The molecule has 0 bridgehead atoms. The van der Waals surface area contributed by atoms with Crippen molar-refractivity contribution in [1.29, 1.82) is 0 Å². The molecule has 0 saturated heterocycles. The molecule has 15 heavy (non-hydrogen) atoms. The van der Waals surface area contributed by atoms with Crippen LogP contribution in [-0.4, -0.2) is 19.2 Å². The van der Waals surface area contributed by atoms with E-state index in [0.717, 1.165) is 0 Å². The topological polar surface area (TPSA) is 35.5 Å². The van der Waals surface area contributed by atoms with Crippen molar-refractivity contribution in [3.8, 4) is 5.75 Å². The minimum atomic E-state index is -0.295. The summed E-state index contributed by atoms with van der Waals surface area (Å²) in [6.45, 7) is 2.15. The van der Waals surface area contributed by atoms with Gasteiger partial charge in [-0.3, -0.25) is 4.79 Å². The zero-order valence-corrected chi connectivity index (χ0v) is 8.53. The van der Waals surface area contributed by atoms with Crippen LogP contribution < -0.4 is 4.74 Å². The average molecular weight is 212 g/mol.